The van der Waals surface area contributed by atoms with Gasteiger partial charge in [0, 0.05) is 17.3 Å². The second-order valence-corrected chi connectivity index (χ2v) is 4.61. The minimum Gasteiger partial charge on any atom is -0.350 e. The molecule has 0 N–H and O–H groups in total. The van der Waals surface area contributed by atoms with E-state index in [1.54, 1.807) is 0 Å². The Morgan fingerprint density at radius 1 is 1.33 bits per heavy atom. The highest BCUT2D eigenvalue weighted by atomic mass is 127. The normalized spacial score (nSPS) is 34.2. The Bertz CT molecular complexity index is 155. The van der Waals surface area contributed by atoms with Gasteiger partial charge < -0.3 is 9.47 Å². The lowest BCUT2D eigenvalue weighted by atomic mass is 10.1. The maximum atomic E-state index is 5.73. The summed E-state index contributed by atoms with van der Waals surface area (Å²) in [6, 6.07) is 0. The van der Waals surface area contributed by atoms with Crippen molar-refractivity contribution in [3.05, 3.63) is 0 Å². The minimum absolute atomic E-state index is 0.159. The van der Waals surface area contributed by atoms with Gasteiger partial charge in [0.2, 0.25) is 0 Å². The number of hydrogen-bond donors (Lipinski definition) is 0. The van der Waals surface area contributed by atoms with Crippen molar-refractivity contribution in [2.45, 2.75) is 31.5 Å². The molecule has 0 aromatic heterocycles. The second kappa shape index (κ2) is 3.80. The summed E-state index contributed by atoms with van der Waals surface area (Å²) in [4.78, 5) is 0. The van der Waals surface area contributed by atoms with Gasteiger partial charge in [0.15, 0.2) is 5.79 Å². The molecule has 0 bridgehead atoms. The lowest BCUT2D eigenvalue weighted by molar-refractivity contribution is -0.263. The molecule has 2 nitrogen and oxygen atoms in total. The van der Waals surface area contributed by atoms with Crippen LogP contribution >= 0.6 is 22.6 Å². The zero-order valence-electron chi connectivity index (χ0n) is 7.22. The predicted octanol–water partition coefficient (Wildman–Crippen LogP) is 2.35. The van der Waals surface area contributed by atoms with Gasteiger partial charge in [0.25, 0.3) is 0 Å². The fraction of sp³-hybridized carbons (Fsp3) is 1.00. The van der Waals surface area contributed by atoms with E-state index in [0.29, 0.717) is 0 Å². The third-order valence-electron chi connectivity index (χ3n) is 2.77. The standard InChI is InChI=1S/C9H15IO2/c10-7-8-2-3-9(6-8)11-4-1-5-12-9/h8H,1-7H2. The summed E-state index contributed by atoms with van der Waals surface area (Å²) in [6.07, 6.45) is 4.58. The minimum atomic E-state index is -0.159. The zero-order chi connectivity index (χ0) is 8.44. The van der Waals surface area contributed by atoms with Gasteiger partial charge in [-0.05, 0) is 18.8 Å². The van der Waals surface area contributed by atoms with E-state index in [2.05, 4.69) is 22.6 Å². The molecule has 3 heteroatoms. The first-order valence-electron chi connectivity index (χ1n) is 4.68. The summed E-state index contributed by atoms with van der Waals surface area (Å²) < 4.78 is 12.7. The third-order valence-corrected chi connectivity index (χ3v) is 4.02. The molecule has 1 heterocycles. The predicted molar refractivity (Wildman–Crippen MR) is 55.5 cm³/mol. The van der Waals surface area contributed by atoms with Crippen molar-refractivity contribution in [3.8, 4) is 0 Å². The molecule has 0 radical (unpaired) electrons. The highest BCUT2D eigenvalue weighted by molar-refractivity contribution is 14.1. The molecule has 1 saturated carbocycles. The van der Waals surface area contributed by atoms with E-state index < -0.39 is 0 Å². The van der Waals surface area contributed by atoms with Gasteiger partial charge in [-0.2, -0.15) is 0 Å². The van der Waals surface area contributed by atoms with E-state index in [0.717, 1.165) is 38.4 Å². The summed E-state index contributed by atoms with van der Waals surface area (Å²) in [6.45, 7) is 1.79. The summed E-state index contributed by atoms with van der Waals surface area (Å²) in [5, 5.41) is 0. The van der Waals surface area contributed by atoms with Crippen LogP contribution in [0.15, 0.2) is 0 Å². The lowest BCUT2D eigenvalue weighted by Gasteiger charge is -2.33. The lowest BCUT2D eigenvalue weighted by Crippen LogP contribution is -2.38. The summed E-state index contributed by atoms with van der Waals surface area (Å²) in [5.41, 5.74) is 0. The molecule has 1 atom stereocenters. The molecule has 1 aliphatic heterocycles. The van der Waals surface area contributed by atoms with Crippen molar-refractivity contribution in [2.24, 2.45) is 5.92 Å². The van der Waals surface area contributed by atoms with Gasteiger partial charge in [-0.3, -0.25) is 0 Å². The smallest absolute Gasteiger partial charge is 0.168 e. The molecule has 1 unspecified atom stereocenters. The van der Waals surface area contributed by atoms with Crippen molar-refractivity contribution < 1.29 is 9.47 Å². The average Bonchev–Trinajstić information content (AvgIpc) is 2.50. The second-order valence-electron chi connectivity index (χ2n) is 3.72. The van der Waals surface area contributed by atoms with Crippen molar-refractivity contribution >= 4 is 22.6 Å². The summed E-state index contributed by atoms with van der Waals surface area (Å²) in [5.74, 6) is 0.664. The fourth-order valence-electron chi connectivity index (χ4n) is 2.08. The van der Waals surface area contributed by atoms with Crippen LogP contribution in [0.4, 0.5) is 0 Å². The molecule has 2 aliphatic rings. The van der Waals surface area contributed by atoms with Crippen molar-refractivity contribution in [2.75, 3.05) is 17.6 Å². The molecule has 70 valence electrons. The SMILES string of the molecule is ICC1CCC2(C1)OCCCO2. The Hall–Kier alpha value is 0.650. The van der Waals surface area contributed by atoms with Crippen molar-refractivity contribution in [1.82, 2.24) is 0 Å². The van der Waals surface area contributed by atoms with Gasteiger partial charge in [-0.15, -0.1) is 0 Å². The average molecular weight is 282 g/mol. The fourth-order valence-corrected chi connectivity index (χ4v) is 2.83. The van der Waals surface area contributed by atoms with Crippen LogP contribution in [-0.2, 0) is 9.47 Å². The Kier molecular flexibility index (Phi) is 2.92. The Labute approximate surface area is 87.1 Å². The van der Waals surface area contributed by atoms with Crippen LogP contribution < -0.4 is 0 Å². The number of halogens is 1. The monoisotopic (exact) mass is 282 g/mol. The van der Waals surface area contributed by atoms with E-state index >= 15 is 0 Å². The van der Waals surface area contributed by atoms with Gasteiger partial charge >= 0.3 is 0 Å². The summed E-state index contributed by atoms with van der Waals surface area (Å²) in [7, 11) is 0. The molecule has 0 aromatic rings. The molecule has 12 heavy (non-hydrogen) atoms. The number of hydrogen-bond acceptors (Lipinski definition) is 2. The first kappa shape index (κ1) is 9.21. The maximum Gasteiger partial charge on any atom is 0.168 e. The Morgan fingerprint density at radius 2 is 2.08 bits per heavy atom. The molecule has 2 rings (SSSR count). The maximum absolute atomic E-state index is 5.73. The van der Waals surface area contributed by atoms with Crippen LogP contribution in [0.5, 0.6) is 0 Å². The number of alkyl halides is 1. The molecule has 0 aromatic carbocycles. The van der Waals surface area contributed by atoms with E-state index in [1.807, 2.05) is 0 Å². The van der Waals surface area contributed by atoms with Crippen LogP contribution in [0.25, 0.3) is 0 Å². The molecular formula is C9H15IO2. The topological polar surface area (TPSA) is 18.5 Å². The quantitative estimate of drug-likeness (QED) is 0.543. The number of ether oxygens (including phenoxy) is 2. The molecule has 1 spiro atoms. The van der Waals surface area contributed by atoms with Crippen molar-refractivity contribution in [3.63, 3.8) is 0 Å². The Balaban J connectivity index is 1.94. The van der Waals surface area contributed by atoms with Crippen LogP contribution in [0.2, 0.25) is 0 Å². The van der Waals surface area contributed by atoms with E-state index in [9.17, 15) is 0 Å². The van der Waals surface area contributed by atoms with Crippen LogP contribution in [0.3, 0.4) is 0 Å². The van der Waals surface area contributed by atoms with Gasteiger partial charge in [-0.1, -0.05) is 22.6 Å². The molecule has 1 saturated heterocycles. The van der Waals surface area contributed by atoms with Crippen LogP contribution in [0, 0.1) is 5.92 Å². The van der Waals surface area contributed by atoms with E-state index in [-0.39, 0.29) is 5.79 Å². The molecule has 0 amide bonds. The first-order valence-corrected chi connectivity index (χ1v) is 6.21. The highest BCUT2D eigenvalue weighted by Gasteiger charge is 2.41. The Morgan fingerprint density at radius 3 is 2.67 bits per heavy atom. The van der Waals surface area contributed by atoms with E-state index in [4.69, 9.17) is 9.47 Å². The largest absolute Gasteiger partial charge is 0.350 e. The molecular weight excluding hydrogens is 267 g/mol. The third kappa shape index (κ3) is 1.77. The molecule has 1 aliphatic carbocycles. The van der Waals surface area contributed by atoms with Crippen molar-refractivity contribution in [1.29, 1.82) is 0 Å². The first-order chi connectivity index (χ1) is 5.85. The van der Waals surface area contributed by atoms with Crippen LogP contribution in [-0.4, -0.2) is 23.4 Å². The van der Waals surface area contributed by atoms with Gasteiger partial charge in [-0.25, -0.2) is 0 Å². The van der Waals surface area contributed by atoms with E-state index in [1.165, 1.54) is 10.8 Å². The van der Waals surface area contributed by atoms with Gasteiger partial charge in [0.05, 0.1) is 13.2 Å². The zero-order valence-corrected chi connectivity index (χ0v) is 9.38. The molecule has 2 fully saturated rings. The number of rotatable bonds is 1. The highest BCUT2D eigenvalue weighted by Crippen LogP contribution is 2.40. The van der Waals surface area contributed by atoms with Gasteiger partial charge in [0.1, 0.15) is 0 Å². The summed E-state index contributed by atoms with van der Waals surface area (Å²) >= 11 is 2.46. The van der Waals surface area contributed by atoms with Crippen LogP contribution in [0.1, 0.15) is 25.7 Å².